The van der Waals surface area contributed by atoms with Gasteiger partial charge in [0.25, 0.3) is 0 Å². The molecule has 2 aromatic carbocycles. The van der Waals surface area contributed by atoms with Crippen LogP contribution < -0.4 is 5.32 Å². The summed E-state index contributed by atoms with van der Waals surface area (Å²) in [4.78, 5) is 26.5. The Morgan fingerprint density at radius 1 is 1.05 bits per heavy atom. The molecule has 37 heavy (non-hydrogen) atoms. The molecule has 5 aromatic rings. The highest BCUT2D eigenvalue weighted by Crippen LogP contribution is 2.53. The second-order valence-electron chi connectivity index (χ2n) is 8.02. The number of aromatic amines is 1. The Hall–Kier alpha value is -4.03. The highest BCUT2D eigenvalue weighted by Gasteiger charge is 2.25. The predicted octanol–water partition coefficient (Wildman–Crippen LogP) is 7.69. The molecule has 0 aliphatic rings. The van der Waals surface area contributed by atoms with Gasteiger partial charge in [0.15, 0.2) is 5.82 Å². The van der Waals surface area contributed by atoms with Crippen LogP contribution in [-0.4, -0.2) is 26.1 Å². The van der Waals surface area contributed by atoms with E-state index in [2.05, 4.69) is 30.3 Å². The monoisotopic (exact) mass is 544 g/mol. The fourth-order valence-electron chi connectivity index (χ4n) is 3.90. The average Bonchev–Trinajstić information content (AvgIpc) is 3.56. The first-order valence-electron chi connectivity index (χ1n) is 11.2. The molecule has 0 aliphatic carbocycles. The number of aryl methyl sites for hydroxylation is 1. The molecule has 0 fully saturated rings. The Morgan fingerprint density at radius 3 is 2.62 bits per heavy atom. The number of halogens is 2. The van der Waals surface area contributed by atoms with Gasteiger partial charge in [-0.3, -0.25) is 9.89 Å². The number of aromatic nitrogens is 4. The molecule has 3 aromatic heterocycles. The Balaban J connectivity index is 1.50. The lowest BCUT2D eigenvalue weighted by atomic mass is 10.0. The maximum atomic E-state index is 12.6. The number of rotatable bonds is 7. The molecular formula is C27H18Cl2N6OS. The van der Waals surface area contributed by atoms with E-state index >= 15 is 0 Å². The van der Waals surface area contributed by atoms with Crippen LogP contribution in [0, 0.1) is 6.57 Å². The van der Waals surface area contributed by atoms with E-state index in [1.54, 1.807) is 36.5 Å². The van der Waals surface area contributed by atoms with E-state index in [1.807, 2.05) is 30.3 Å². The molecule has 0 saturated carbocycles. The topological polar surface area (TPSA) is 87.9 Å². The number of anilines is 1. The number of carbonyl (C=O) groups excluding carboxylic acids is 1. The van der Waals surface area contributed by atoms with Crippen molar-refractivity contribution in [1.82, 2.24) is 20.2 Å². The minimum absolute atomic E-state index is 0.138. The quantitative estimate of drug-likeness (QED) is 0.205. The van der Waals surface area contributed by atoms with Crippen LogP contribution in [0.2, 0.25) is 10.0 Å². The lowest BCUT2D eigenvalue weighted by molar-refractivity contribution is -0.116. The van der Waals surface area contributed by atoms with E-state index in [-0.39, 0.29) is 5.91 Å². The first kappa shape index (κ1) is 24.7. The van der Waals surface area contributed by atoms with Crippen LogP contribution >= 0.6 is 34.5 Å². The molecule has 0 saturated heterocycles. The van der Waals surface area contributed by atoms with Gasteiger partial charge in [0.2, 0.25) is 11.6 Å². The molecule has 1 amide bonds. The minimum atomic E-state index is -0.138. The van der Waals surface area contributed by atoms with E-state index < -0.39 is 0 Å². The summed E-state index contributed by atoms with van der Waals surface area (Å²) in [6.45, 7) is 8.01. The fraction of sp³-hybridized carbons (Fsp3) is 0.0741. The number of nitrogens with zero attached hydrogens (tertiary/aromatic N) is 4. The molecule has 3 heterocycles. The molecule has 7 nitrogen and oxygen atoms in total. The Kier molecular flexibility index (Phi) is 7.28. The van der Waals surface area contributed by atoms with E-state index in [0.717, 1.165) is 11.1 Å². The maximum Gasteiger partial charge on any atom is 0.225 e. The van der Waals surface area contributed by atoms with E-state index in [4.69, 9.17) is 29.8 Å². The van der Waals surface area contributed by atoms with Crippen LogP contribution in [0.15, 0.2) is 73.2 Å². The maximum absolute atomic E-state index is 12.6. The largest absolute Gasteiger partial charge is 0.311 e. The lowest BCUT2D eigenvalue weighted by Crippen LogP contribution is -2.13. The molecular weight excluding hydrogens is 527 g/mol. The molecule has 0 aliphatic heterocycles. The summed E-state index contributed by atoms with van der Waals surface area (Å²) in [6, 6.07) is 18.6. The van der Waals surface area contributed by atoms with E-state index in [1.165, 1.54) is 17.7 Å². The number of benzene rings is 2. The highest BCUT2D eigenvalue weighted by atomic mass is 35.5. The van der Waals surface area contributed by atoms with Crippen LogP contribution in [0.4, 0.5) is 11.5 Å². The summed E-state index contributed by atoms with van der Waals surface area (Å²) < 4.78 is 0. The Morgan fingerprint density at radius 2 is 1.89 bits per heavy atom. The Labute approximate surface area is 227 Å². The zero-order valence-corrected chi connectivity index (χ0v) is 21.5. The van der Waals surface area contributed by atoms with Crippen molar-refractivity contribution in [2.75, 3.05) is 5.32 Å². The van der Waals surface area contributed by atoms with Gasteiger partial charge in [-0.1, -0.05) is 59.6 Å². The van der Waals surface area contributed by atoms with Gasteiger partial charge in [0.05, 0.1) is 11.4 Å². The molecule has 10 heteroatoms. The summed E-state index contributed by atoms with van der Waals surface area (Å²) in [5.41, 5.74) is 3.54. The van der Waals surface area contributed by atoms with Crippen LogP contribution in [0.25, 0.3) is 37.1 Å². The van der Waals surface area contributed by atoms with Crippen LogP contribution in [-0.2, 0) is 11.2 Å². The number of hydrogen-bond donors (Lipinski definition) is 2. The molecule has 5 rings (SSSR count). The van der Waals surface area contributed by atoms with E-state index in [9.17, 15) is 4.79 Å². The molecule has 0 atom stereocenters. The molecule has 0 unspecified atom stereocenters. The van der Waals surface area contributed by atoms with Crippen molar-refractivity contribution in [3.8, 4) is 32.3 Å². The SMILES string of the molecule is [C-]#[N+]c1c(-c2ccnc(NC(=O)CCc3ccccc3)c2)sc(-c2ncn[nH]2)c1-c1ccc(Cl)cc1Cl. The number of nitrogens with one attached hydrogen (secondary N) is 2. The first-order chi connectivity index (χ1) is 18.0. The van der Waals surface area contributed by atoms with Gasteiger partial charge in [0, 0.05) is 33.1 Å². The van der Waals surface area contributed by atoms with Gasteiger partial charge < -0.3 is 5.32 Å². The number of H-pyrrole nitrogens is 1. The molecule has 0 spiro atoms. The van der Waals surface area contributed by atoms with Gasteiger partial charge in [-0.05, 0) is 47.4 Å². The minimum Gasteiger partial charge on any atom is -0.311 e. The molecule has 0 bridgehead atoms. The van der Waals surface area contributed by atoms with Gasteiger partial charge in [-0.15, -0.1) is 11.3 Å². The number of thiophene rings is 1. The second kappa shape index (κ2) is 10.9. The standard InChI is InChI=1S/C27H18Cl2N6OS/c1-30-24-23(19-9-8-18(28)14-20(19)29)26(27-32-15-33-35-27)37-25(24)17-11-12-31-21(13-17)34-22(36)10-7-16-5-3-2-4-6-16/h2-6,8-9,11-15H,7,10H2,(H,31,34,36)(H,32,33,35). The number of carbonyl (C=O) groups is 1. The number of amides is 1. The summed E-state index contributed by atoms with van der Waals surface area (Å²) in [7, 11) is 0. The van der Waals surface area contributed by atoms with Crippen LogP contribution in [0.3, 0.4) is 0 Å². The van der Waals surface area contributed by atoms with Crippen molar-refractivity contribution in [2.24, 2.45) is 0 Å². The summed E-state index contributed by atoms with van der Waals surface area (Å²) in [6.07, 6.45) is 3.98. The van der Waals surface area contributed by atoms with Crippen molar-refractivity contribution in [3.63, 3.8) is 0 Å². The Bertz CT molecular complexity index is 1610. The summed E-state index contributed by atoms with van der Waals surface area (Å²) >= 11 is 14.1. The third-order valence-electron chi connectivity index (χ3n) is 5.60. The van der Waals surface area contributed by atoms with Crippen molar-refractivity contribution < 1.29 is 4.79 Å². The van der Waals surface area contributed by atoms with Crippen molar-refractivity contribution in [3.05, 3.63) is 100 Å². The van der Waals surface area contributed by atoms with Crippen molar-refractivity contribution in [2.45, 2.75) is 12.8 Å². The zero-order valence-electron chi connectivity index (χ0n) is 19.2. The third kappa shape index (κ3) is 5.39. The zero-order chi connectivity index (χ0) is 25.8. The molecule has 182 valence electrons. The van der Waals surface area contributed by atoms with Gasteiger partial charge in [-0.2, -0.15) is 5.10 Å². The number of pyridine rings is 1. The summed E-state index contributed by atoms with van der Waals surface area (Å²) in [5, 5.41) is 10.6. The van der Waals surface area contributed by atoms with Gasteiger partial charge >= 0.3 is 0 Å². The highest BCUT2D eigenvalue weighted by molar-refractivity contribution is 7.20. The van der Waals surface area contributed by atoms with Crippen molar-refractivity contribution >= 4 is 52.0 Å². The lowest BCUT2D eigenvalue weighted by Gasteiger charge is -2.08. The third-order valence-corrected chi connectivity index (χ3v) is 7.38. The van der Waals surface area contributed by atoms with Crippen molar-refractivity contribution in [1.29, 1.82) is 0 Å². The molecule has 0 radical (unpaired) electrons. The van der Waals surface area contributed by atoms with E-state index in [0.29, 0.717) is 61.1 Å². The summed E-state index contributed by atoms with van der Waals surface area (Å²) in [5.74, 6) is 0.791. The predicted molar refractivity (Wildman–Crippen MR) is 148 cm³/mol. The van der Waals surface area contributed by atoms with Crippen LogP contribution in [0.1, 0.15) is 12.0 Å². The first-order valence-corrected chi connectivity index (χ1v) is 12.8. The van der Waals surface area contributed by atoms with Gasteiger partial charge in [-0.25, -0.2) is 14.8 Å². The normalized spacial score (nSPS) is 10.7. The second-order valence-corrected chi connectivity index (χ2v) is 9.88. The number of hydrogen-bond acceptors (Lipinski definition) is 5. The fourth-order valence-corrected chi connectivity index (χ4v) is 5.60. The smallest absolute Gasteiger partial charge is 0.225 e. The average molecular weight is 545 g/mol. The molecule has 2 N–H and O–H groups in total. The van der Waals surface area contributed by atoms with Gasteiger partial charge in [0.1, 0.15) is 12.1 Å². The van der Waals surface area contributed by atoms with Crippen LogP contribution in [0.5, 0.6) is 0 Å².